The lowest BCUT2D eigenvalue weighted by molar-refractivity contribution is -0.120. The minimum atomic E-state index is -0.308. The van der Waals surface area contributed by atoms with Gasteiger partial charge in [0, 0.05) is 10.5 Å². The standard InChI is InChI=1S/C15H18BrFN2O/c16-12-2-1-11(17)7-10(12)8-14(20)19-13-9-15(13)3-5-18-6-4-15/h1-2,7,13,18H,3-6,8-9H2,(H,19,20). The fraction of sp³-hybridized carbons (Fsp3) is 0.533. The maximum Gasteiger partial charge on any atom is 0.224 e. The summed E-state index contributed by atoms with van der Waals surface area (Å²) in [6.07, 6.45) is 3.59. The first kappa shape index (κ1) is 14.0. The van der Waals surface area contributed by atoms with Crippen molar-refractivity contribution in [2.45, 2.75) is 31.7 Å². The van der Waals surface area contributed by atoms with Crippen LogP contribution in [0.2, 0.25) is 0 Å². The molecule has 20 heavy (non-hydrogen) atoms. The molecule has 0 radical (unpaired) electrons. The van der Waals surface area contributed by atoms with Crippen molar-refractivity contribution in [1.29, 1.82) is 0 Å². The molecule has 3 nitrogen and oxygen atoms in total. The highest BCUT2D eigenvalue weighted by Gasteiger charge is 2.54. The molecule has 1 unspecified atom stereocenters. The Kier molecular flexibility index (Phi) is 3.82. The fourth-order valence-electron chi connectivity index (χ4n) is 3.13. The Morgan fingerprint density at radius 1 is 1.45 bits per heavy atom. The first-order valence-electron chi connectivity index (χ1n) is 7.03. The number of rotatable bonds is 3. The zero-order valence-electron chi connectivity index (χ0n) is 11.2. The normalized spacial score (nSPS) is 23.6. The third kappa shape index (κ3) is 2.88. The van der Waals surface area contributed by atoms with Crippen molar-refractivity contribution in [1.82, 2.24) is 10.6 Å². The van der Waals surface area contributed by atoms with Crippen molar-refractivity contribution in [2.24, 2.45) is 5.41 Å². The number of piperidine rings is 1. The van der Waals surface area contributed by atoms with Crippen LogP contribution in [-0.2, 0) is 11.2 Å². The molecule has 0 bridgehead atoms. The predicted molar refractivity (Wildman–Crippen MR) is 78.9 cm³/mol. The number of carbonyl (C=O) groups excluding carboxylic acids is 1. The number of hydrogen-bond donors (Lipinski definition) is 2. The van der Waals surface area contributed by atoms with E-state index in [1.807, 2.05) is 0 Å². The van der Waals surface area contributed by atoms with Gasteiger partial charge in [0.05, 0.1) is 6.42 Å². The third-order valence-corrected chi connectivity index (χ3v) is 5.26. The summed E-state index contributed by atoms with van der Waals surface area (Å²) < 4.78 is 14.0. The van der Waals surface area contributed by atoms with Crippen molar-refractivity contribution >= 4 is 21.8 Å². The van der Waals surface area contributed by atoms with E-state index in [9.17, 15) is 9.18 Å². The molecule has 1 aromatic rings. The zero-order valence-corrected chi connectivity index (χ0v) is 12.8. The lowest BCUT2D eigenvalue weighted by Gasteiger charge is -2.23. The summed E-state index contributed by atoms with van der Waals surface area (Å²) >= 11 is 3.36. The Hall–Kier alpha value is -0.940. The van der Waals surface area contributed by atoms with Gasteiger partial charge in [-0.25, -0.2) is 4.39 Å². The van der Waals surface area contributed by atoms with Crippen LogP contribution in [0.15, 0.2) is 22.7 Å². The van der Waals surface area contributed by atoms with Gasteiger partial charge in [-0.2, -0.15) is 0 Å². The number of benzene rings is 1. The average molecular weight is 341 g/mol. The van der Waals surface area contributed by atoms with E-state index in [-0.39, 0.29) is 18.1 Å². The summed E-state index contributed by atoms with van der Waals surface area (Å²) in [5.74, 6) is -0.325. The van der Waals surface area contributed by atoms with Crippen molar-refractivity contribution in [3.05, 3.63) is 34.1 Å². The quantitative estimate of drug-likeness (QED) is 0.886. The highest BCUT2D eigenvalue weighted by molar-refractivity contribution is 9.10. The van der Waals surface area contributed by atoms with Gasteiger partial charge in [-0.3, -0.25) is 4.79 Å². The van der Waals surface area contributed by atoms with E-state index < -0.39 is 0 Å². The summed E-state index contributed by atoms with van der Waals surface area (Å²) in [6.45, 7) is 2.09. The first-order valence-corrected chi connectivity index (χ1v) is 7.82. The minimum absolute atomic E-state index is 0.0169. The largest absolute Gasteiger partial charge is 0.353 e. The van der Waals surface area contributed by atoms with Crippen LogP contribution in [0.5, 0.6) is 0 Å². The predicted octanol–water partition coefficient (Wildman–Crippen LogP) is 2.39. The second-order valence-electron chi connectivity index (χ2n) is 5.85. The maximum atomic E-state index is 13.2. The summed E-state index contributed by atoms with van der Waals surface area (Å²) in [5.41, 5.74) is 1.03. The van der Waals surface area contributed by atoms with E-state index in [4.69, 9.17) is 0 Å². The van der Waals surface area contributed by atoms with Gasteiger partial charge in [0.1, 0.15) is 5.82 Å². The highest BCUT2D eigenvalue weighted by Crippen LogP contribution is 2.52. The Labute approximate surface area is 126 Å². The molecule has 1 aliphatic carbocycles. The van der Waals surface area contributed by atoms with Crippen molar-refractivity contribution < 1.29 is 9.18 Å². The zero-order chi connectivity index (χ0) is 14.2. The van der Waals surface area contributed by atoms with Gasteiger partial charge in [-0.15, -0.1) is 0 Å². The van der Waals surface area contributed by atoms with Crippen LogP contribution in [0.25, 0.3) is 0 Å². The van der Waals surface area contributed by atoms with Gasteiger partial charge >= 0.3 is 0 Å². The number of carbonyl (C=O) groups is 1. The molecule has 1 aliphatic heterocycles. The van der Waals surface area contributed by atoms with E-state index in [0.29, 0.717) is 17.0 Å². The summed E-state index contributed by atoms with van der Waals surface area (Å²) in [4.78, 5) is 12.1. The van der Waals surface area contributed by atoms with Gasteiger partial charge in [-0.05, 0) is 61.5 Å². The SMILES string of the molecule is O=C(Cc1cc(F)ccc1Br)NC1CC12CCNCC2. The first-order chi connectivity index (χ1) is 9.59. The van der Waals surface area contributed by atoms with Crippen LogP contribution in [0.3, 0.4) is 0 Å². The van der Waals surface area contributed by atoms with Crippen molar-refractivity contribution in [3.8, 4) is 0 Å². The number of halogens is 2. The molecular weight excluding hydrogens is 323 g/mol. The van der Waals surface area contributed by atoms with Crippen molar-refractivity contribution in [2.75, 3.05) is 13.1 Å². The smallest absolute Gasteiger partial charge is 0.224 e. The van der Waals surface area contributed by atoms with Gasteiger partial charge in [0.25, 0.3) is 0 Å². The second kappa shape index (κ2) is 5.45. The highest BCUT2D eigenvalue weighted by atomic mass is 79.9. The summed E-state index contributed by atoms with van der Waals surface area (Å²) in [7, 11) is 0. The second-order valence-corrected chi connectivity index (χ2v) is 6.70. The Morgan fingerprint density at radius 3 is 2.95 bits per heavy atom. The molecular formula is C15H18BrFN2O. The van der Waals surface area contributed by atoms with Crippen LogP contribution < -0.4 is 10.6 Å². The molecule has 108 valence electrons. The molecule has 1 aromatic carbocycles. The van der Waals surface area contributed by atoms with Gasteiger partial charge < -0.3 is 10.6 Å². The van der Waals surface area contributed by atoms with Crippen molar-refractivity contribution in [3.63, 3.8) is 0 Å². The molecule has 2 fully saturated rings. The fourth-order valence-corrected chi connectivity index (χ4v) is 3.51. The molecule has 1 saturated heterocycles. The molecule has 2 aliphatic rings. The lowest BCUT2D eigenvalue weighted by atomic mass is 9.94. The van der Waals surface area contributed by atoms with Crippen LogP contribution >= 0.6 is 15.9 Å². The van der Waals surface area contributed by atoms with Crippen LogP contribution in [0.4, 0.5) is 4.39 Å². The molecule has 0 aromatic heterocycles. The maximum absolute atomic E-state index is 13.2. The molecule has 2 N–H and O–H groups in total. The third-order valence-electron chi connectivity index (χ3n) is 4.48. The number of nitrogens with one attached hydrogen (secondary N) is 2. The van der Waals surface area contributed by atoms with Gasteiger partial charge in [0.15, 0.2) is 0 Å². The summed E-state index contributed by atoms with van der Waals surface area (Å²) in [6, 6.07) is 4.75. The Morgan fingerprint density at radius 2 is 2.20 bits per heavy atom. The van der Waals surface area contributed by atoms with Crippen LogP contribution in [0, 0.1) is 11.2 Å². The van der Waals surface area contributed by atoms with E-state index in [1.165, 1.54) is 12.1 Å². The summed E-state index contributed by atoms with van der Waals surface area (Å²) in [5, 5.41) is 6.45. The molecule has 1 amide bonds. The molecule has 1 atom stereocenters. The Bertz CT molecular complexity index is 529. The minimum Gasteiger partial charge on any atom is -0.353 e. The lowest BCUT2D eigenvalue weighted by Crippen LogP contribution is -2.36. The van der Waals surface area contributed by atoms with Gasteiger partial charge in [-0.1, -0.05) is 15.9 Å². The van der Waals surface area contributed by atoms with Gasteiger partial charge in [0.2, 0.25) is 5.91 Å². The van der Waals surface area contributed by atoms with E-state index in [1.54, 1.807) is 6.07 Å². The van der Waals surface area contributed by atoms with E-state index in [2.05, 4.69) is 26.6 Å². The molecule has 1 spiro atoms. The van der Waals surface area contributed by atoms with Crippen LogP contribution in [-0.4, -0.2) is 25.0 Å². The molecule has 5 heteroatoms. The molecule has 1 heterocycles. The monoisotopic (exact) mass is 340 g/mol. The number of hydrogen-bond acceptors (Lipinski definition) is 2. The van der Waals surface area contributed by atoms with E-state index in [0.717, 1.165) is 36.8 Å². The topological polar surface area (TPSA) is 41.1 Å². The van der Waals surface area contributed by atoms with Crippen LogP contribution in [0.1, 0.15) is 24.8 Å². The molecule has 1 saturated carbocycles. The molecule has 3 rings (SSSR count). The number of amides is 1. The van der Waals surface area contributed by atoms with E-state index >= 15 is 0 Å². The average Bonchev–Trinajstić information content (AvgIpc) is 3.06. The Balaban J connectivity index is 1.57.